The van der Waals surface area contributed by atoms with Crippen LogP contribution < -0.4 is 21.3 Å². The lowest BCUT2D eigenvalue weighted by Gasteiger charge is -2.47. The Bertz CT molecular complexity index is 1120. The highest BCUT2D eigenvalue weighted by atomic mass is 32.2. The molecule has 5 rings (SSSR count). The maximum Gasteiger partial charge on any atom is 0.353 e. The summed E-state index contributed by atoms with van der Waals surface area (Å²) in [5.74, 6) is -2.13. The number of carbonyl (C=O) groups is 4. The molecule has 15 heteroatoms. The van der Waals surface area contributed by atoms with Crippen LogP contribution in [0.2, 0.25) is 0 Å². The zero-order valence-electron chi connectivity index (χ0n) is 21.3. The van der Waals surface area contributed by atoms with Gasteiger partial charge in [-0.05, 0) is 49.2 Å². The molecule has 14 nitrogen and oxygen atoms in total. The Morgan fingerprint density at radius 2 is 2.13 bits per heavy atom. The topological polar surface area (TPSA) is 183 Å². The average Bonchev–Trinajstić information content (AvgIpc) is 3.67. The van der Waals surface area contributed by atoms with E-state index in [2.05, 4.69) is 36.8 Å². The van der Waals surface area contributed by atoms with Gasteiger partial charge in [0.05, 0.1) is 18.0 Å². The number of rotatable bonds is 10. The third-order valence-corrected chi connectivity index (χ3v) is 9.36. The summed E-state index contributed by atoms with van der Waals surface area (Å²) >= 11 is 1.44. The van der Waals surface area contributed by atoms with Crippen molar-refractivity contribution in [3.8, 4) is 0 Å². The molecule has 0 aromatic carbocycles. The second-order valence-corrected chi connectivity index (χ2v) is 11.8. The summed E-state index contributed by atoms with van der Waals surface area (Å²) < 4.78 is 1.28. The fourth-order valence-corrected chi connectivity index (χ4v) is 7.39. The summed E-state index contributed by atoms with van der Waals surface area (Å²) in [6.07, 6.45) is 2.96. The molecule has 1 unspecified atom stereocenters. The number of β-lactam (4-membered cyclic amide) rings is 1. The quantitative estimate of drug-likeness (QED) is 0.207. The smallest absolute Gasteiger partial charge is 0.353 e. The van der Waals surface area contributed by atoms with Gasteiger partial charge in [-0.2, -0.15) is 0 Å². The predicted octanol–water partition coefficient (Wildman–Crippen LogP) is -1.86. The van der Waals surface area contributed by atoms with Crippen LogP contribution in [0.15, 0.2) is 16.9 Å². The summed E-state index contributed by atoms with van der Waals surface area (Å²) in [4.78, 5) is 52.5. The number of aromatic nitrogens is 4. The number of tetrazole rings is 1. The van der Waals surface area contributed by atoms with Crippen molar-refractivity contribution in [1.29, 1.82) is 0 Å². The fourth-order valence-electron chi connectivity index (χ4n) is 5.91. The average molecular weight is 548 g/mol. The Labute approximate surface area is 223 Å². The molecule has 206 valence electrons. The number of hydrogen-bond acceptors (Lipinski definition) is 10. The minimum absolute atomic E-state index is 0.00589. The van der Waals surface area contributed by atoms with Gasteiger partial charge in [0.2, 0.25) is 17.7 Å². The van der Waals surface area contributed by atoms with E-state index in [1.807, 2.05) is 6.92 Å². The standard InChI is InChI=1S/C23H33N9O5S/c1-11-18-17(12(2)28-16(33)9-31-10-27-29-30-31)22(35)32(18)19(23(36)37)20(11)38-14-5-15(25-8-14)21(34)26-7-13-3-4-24-6-13/h10-15,17-18,24-25H,3-9H2,1-2H3,(H,26,34)(H,28,33)(H,36,37)/t11-,12-,13?,14+,15+,17-,18-/m1/s1. The maximum absolute atomic E-state index is 13.1. The van der Waals surface area contributed by atoms with Crippen molar-refractivity contribution in [2.45, 2.75) is 56.6 Å². The van der Waals surface area contributed by atoms with Crippen LogP contribution in [0, 0.1) is 17.8 Å². The van der Waals surface area contributed by atoms with Crippen LogP contribution in [-0.2, 0) is 25.7 Å². The van der Waals surface area contributed by atoms with Gasteiger partial charge in [0, 0.05) is 35.2 Å². The molecule has 0 bridgehead atoms. The van der Waals surface area contributed by atoms with Crippen molar-refractivity contribution in [3.05, 3.63) is 16.9 Å². The summed E-state index contributed by atoms with van der Waals surface area (Å²) in [5, 5.41) is 33.1. The monoisotopic (exact) mass is 547 g/mol. The first-order valence-electron chi connectivity index (χ1n) is 12.9. The highest BCUT2D eigenvalue weighted by Gasteiger charge is 2.60. The molecule has 4 aliphatic heterocycles. The van der Waals surface area contributed by atoms with E-state index in [-0.39, 0.29) is 53.2 Å². The van der Waals surface area contributed by atoms with Gasteiger partial charge in [-0.1, -0.05) is 6.92 Å². The first kappa shape index (κ1) is 26.6. The molecule has 5 N–H and O–H groups in total. The number of carboxylic acids is 1. The maximum atomic E-state index is 13.1. The van der Waals surface area contributed by atoms with Gasteiger partial charge in [-0.15, -0.1) is 16.9 Å². The van der Waals surface area contributed by atoms with Gasteiger partial charge in [-0.25, -0.2) is 9.48 Å². The van der Waals surface area contributed by atoms with E-state index in [1.54, 1.807) is 6.92 Å². The number of thioether (sulfide) groups is 1. The van der Waals surface area contributed by atoms with Crippen molar-refractivity contribution in [2.24, 2.45) is 17.8 Å². The highest BCUT2D eigenvalue weighted by Crippen LogP contribution is 2.51. The number of hydrogen-bond donors (Lipinski definition) is 5. The Hall–Kier alpha value is -3.04. The van der Waals surface area contributed by atoms with E-state index in [0.29, 0.717) is 30.3 Å². The van der Waals surface area contributed by atoms with Gasteiger partial charge in [0.25, 0.3) is 0 Å². The summed E-state index contributed by atoms with van der Waals surface area (Å²) in [7, 11) is 0. The first-order chi connectivity index (χ1) is 18.2. The molecule has 3 fully saturated rings. The largest absolute Gasteiger partial charge is 0.477 e. The molecule has 4 aliphatic rings. The van der Waals surface area contributed by atoms with Crippen LogP contribution in [-0.4, -0.2) is 103 Å². The third-order valence-electron chi connectivity index (χ3n) is 7.84. The van der Waals surface area contributed by atoms with Gasteiger partial charge in [0.15, 0.2) is 0 Å². The SMILES string of the molecule is C[C@@H](NC(=O)Cn1cnnn1)[C@H]1C(=O)N2C(C(=O)O)=C(S[C@@H]3CN[C@H](C(=O)NCC4CCNC4)C3)[C@H](C)[C@H]12. The molecule has 0 spiro atoms. The van der Waals surface area contributed by atoms with Gasteiger partial charge in [-0.3, -0.25) is 14.4 Å². The lowest BCUT2D eigenvalue weighted by molar-refractivity contribution is -0.158. The number of nitrogens with zero attached hydrogens (tertiary/aromatic N) is 5. The first-order valence-corrected chi connectivity index (χ1v) is 13.8. The van der Waals surface area contributed by atoms with Crippen molar-refractivity contribution >= 4 is 35.5 Å². The predicted molar refractivity (Wildman–Crippen MR) is 135 cm³/mol. The van der Waals surface area contributed by atoms with Gasteiger partial charge < -0.3 is 31.3 Å². The Balaban J connectivity index is 1.19. The Morgan fingerprint density at radius 3 is 2.82 bits per heavy atom. The molecule has 1 aromatic rings. The molecular formula is C23H33N9O5S. The van der Waals surface area contributed by atoms with E-state index in [1.165, 1.54) is 27.7 Å². The highest BCUT2D eigenvalue weighted by molar-refractivity contribution is 8.03. The minimum Gasteiger partial charge on any atom is -0.477 e. The minimum atomic E-state index is -1.14. The molecule has 3 amide bonds. The van der Waals surface area contributed by atoms with Crippen LogP contribution in [0.4, 0.5) is 0 Å². The van der Waals surface area contributed by atoms with E-state index >= 15 is 0 Å². The van der Waals surface area contributed by atoms with Crippen LogP contribution in [0.5, 0.6) is 0 Å². The zero-order valence-corrected chi connectivity index (χ0v) is 22.1. The molecular weight excluding hydrogens is 514 g/mol. The van der Waals surface area contributed by atoms with Crippen LogP contribution in [0.3, 0.4) is 0 Å². The summed E-state index contributed by atoms with van der Waals surface area (Å²) in [6, 6.07) is -1.17. The van der Waals surface area contributed by atoms with Crippen molar-refractivity contribution in [2.75, 3.05) is 26.2 Å². The Kier molecular flexibility index (Phi) is 7.68. The third kappa shape index (κ3) is 5.14. The van der Waals surface area contributed by atoms with Gasteiger partial charge >= 0.3 is 5.97 Å². The molecule has 0 aliphatic carbocycles. The van der Waals surface area contributed by atoms with Crippen LogP contribution in [0.25, 0.3) is 0 Å². The molecule has 3 saturated heterocycles. The van der Waals surface area contributed by atoms with Crippen LogP contribution >= 0.6 is 11.8 Å². The van der Waals surface area contributed by atoms with Crippen molar-refractivity contribution < 1.29 is 24.3 Å². The lowest BCUT2D eigenvalue weighted by atomic mass is 9.78. The summed E-state index contributed by atoms with van der Waals surface area (Å²) in [5.41, 5.74) is 0.0163. The van der Waals surface area contributed by atoms with Crippen LogP contribution in [0.1, 0.15) is 26.7 Å². The fraction of sp³-hybridized carbons (Fsp3) is 0.696. The number of aliphatic carboxylic acids is 1. The second-order valence-electron chi connectivity index (χ2n) is 10.4. The zero-order chi connectivity index (χ0) is 27.0. The van der Waals surface area contributed by atoms with E-state index < -0.39 is 17.9 Å². The van der Waals surface area contributed by atoms with E-state index in [9.17, 15) is 24.3 Å². The van der Waals surface area contributed by atoms with Crippen molar-refractivity contribution in [3.63, 3.8) is 0 Å². The number of nitrogens with one attached hydrogen (secondary N) is 4. The number of carbonyl (C=O) groups excluding carboxylic acids is 3. The van der Waals surface area contributed by atoms with E-state index in [4.69, 9.17) is 0 Å². The number of amides is 3. The second kappa shape index (κ2) is 11.0. The summed E-state index contributed by atoms with van der Waals surface area (Å²) in [6.45, 7) is 6.71. The van der Waals surface area contributed by atoms with Crippen molar-refractivity contribution in [1.82, 2.24) is 46.4 Å². The van der Waals surface area contributed by atoms with E-state index in [0.717, 1.165) is 19.5 Å². The number of carboxylic acid groups (broad SMARTS) is 1. The Morgan fingerprint density at radius 1 is 1.32 bits per heavy atom. The molecule has 1 aromatic heterocycles. The normalized spacial score (nSPS) is 31.2. The molecule has 5 heterocycles. The molecule has 0 saturated carbocycles. The molecule has 0 radical (unpaired) electrons. The number of fused-ring (bicyclic) bond motifs is 1. The molecule has 7 atom stereocenters. The molecule has 38 heavy (non-hydrogen) atoms. The van der Waals surface area contributed by atoms with Gasteiger partial charge in [0.1, 0.15) is 18.6 Å². The lowest BCUT2D eigenvalue weighted by Crippen LogP contribution is -2.66.